The highest BCUT2D eigenvalue weighted by atomic mass is 16.5. The molecule has 1 saturated carbocycles. The Hall–Kier alpha value is -1.68. The SMILES string of the molecule is CCOC(=O)CC(NC1CCCCCC1)C(=O)c1ccccc1. The van der Waals surface area contributed by atoms with Gasteiger partial charge in [0.25, 0.3) is 0 Å². The number of Topliss-reactive ketones (excluding diaryl/α,β-unsaturated/α-hetero) is 1. The van der Waals surface area contributed by atoms with Crippen molar-refractivity contribution in [2.75, 3.05) is 6.61 Å². The molecule has 23 heavy (non-hydrogen) atoms. The molecule has 1 atom stereocenters. The minimum Gasteiger partial charge on any atom is -0.466 e. The molecule has 126 valence electrons. The van der Waals surface area contributed by atoms with Crippen LogP contribution in [0.25, 0.3) is 0 Å². The smallest absolute Gasteiger partial charge is 0.307 e. The van der Waals surface area contributed by atoms with E-state index in [9.17, 15) is 9.59 Å². The van der Waals surface area contributed by atoms with Gasteiger partial charge >= 0.3 is 5.97 Å². The van der Waals surface area contributed by atoms with Crippen LogP contribution < -0.4 is 5.32 Å². The summed E-state index contributed by atoms with van der Waals surface area (Å²) in [4.78, 5) is 24.7. The molecule has 0 heterocycles. The Morgan fingerprint density at radius 3 is 2.39 bits per heavy atom. The Labute approximate surface area is 138 Å². The summed E-state index contributed by atoms with van der Waals surface area (Å²) in [6.07, 6.45) is 7.12. The van der Waals surface area contributed by atoms with Crippen molar-refractivity contribution in [1.82, 2.24) is 5.32 Å². The summed E-state index contributed by atoms with van der Waals surface area (Å²) in [5, 5.41) is 3.43. The van der Waals surface area contributed by atoms with E-state index in [2.05, 4.69) is 5.32 Å². The Bertz CT molecular complexity index is 493. The van der Waals surface area contributed by atoms with Crippen molar-refractivity contribution in [3.05, 3.63) is 35.9 Å². The van der Waals surface area contributed by atoms with Gasteiger partial charge in [-0.05, 0) is 19.8 Å². The third-order valence-electron chi connectivity index (χ3n) is 4.34. The molecule has 0 spiro atoms. The molecule has 0 amide bonds. The summed E-state index contributed by atoms with van der Waals surface area (Å²) in [6, 6.07) is 8.99. The molecule has 0 radical (unpaired) electrons. The van der Waals surface area contributed by atoms with Crippen LogP contribution in [0.2, 0.25) is 0 Å². The molecule has 2 rings (SSSR count). The van der Waals surface area contributed by atoms with E-state index in [0.29, 0.717) is 18.2 Å². The van der Waals surface area contributed by atoms with Gasteiger partial charge in [-0.2, -0.15) is 0 Å². The number of hydrogen-bond acceptors (Lipinski definition) is 4. The summed E-state index contributed by atoms with van der Waals surface area (Å²) in [5.41, 5.74) is 0.642. The van der Waals surface area contributed by atoms with Gasteiger partial charge in [0.1, 0.15) is 0 Å². The van der Waals surface area contributed by atoms with Crippen molar-refractivity contribution < 1.29 is 14.3 Å². The fourth-order valence-electron chi connectivity index (χ4n) is 3.15. The lowest BCUT2D eigenvalue weighted by molar-refractivity contribution is -0.143. The van der Waals surface area contributed by atoms with Crippen LogP contribution in [0.1, 0.15) is 62.2 Å². The first kappa shape index (κ1) is 17.7. The highest BCUT2D eigenvalue weighted by Crippen LogP contribution is 2.19. The minimum atomic E-state index is -0.500. The summed E-state index contributed by atoms with van der Waals surface area (Å²) in [7, 11) is 0. The molecule has 0 aromatic heterocycles. The van der Waals surface area contributed by atoms with Crippen LogP contribution in [0.3, 0.4) is 0 Å². The van der Waals surface area contributed by atoms with Gasteiger partial charge in [-0.25, -0.2) is 0 Å². The van der Waals surface area contributed by atoms with E-state index >= 15 is 0 Å². The topological polar surface area (TPSA) is 55.4 Å². The van der Waals surface area contributed by atoms with E-state index < -0.39 is 6.04 Å². The molecule has 4 nitrogen and oxygen atoms in total. The summed E-state index contributed by atoms with van der Waals surface area (Å²) >= 11 is 0. The van der Waals surface area contributed by atoms with Crippen LogP contribution in [0.4, 0.5) is 0 Å². The largest absolute Gasteiger partial charge is 0.466 e. The Balaban J connectivity index is 2.07. The molecule has 1 aliphatic carbocycles. The first-order chi connectivity index (χ1) is 11.2. The van der Waals surface area contributed by atoms with E-state index in [1.807, 2.05) is 18.2 Å². The van der Waals surface area contributed by atoms with Gasteiger partial charge in [-0.1, -0.05) is 56.0 Å². The molecular weight excluding hydrogens is 290 g/mol. The van der Waals surface area contributed by atoms with Crippen molar-refractivity contribution >= 4 is 11.8 Å². The van der Waals surface area contributed by atoms with E-state index in [1.54, 1.807) is 19.1 Å². The number of benzene rings is 1. The van der Waals surface area contributed by atoms with Gasteiger partial charge in [-0.15, -0.1) is 0 Å². The molecule has 1 unspecified atom stereocenters. The zero-order chi connectivity index (χ0) is 16.5. The number of esters is 1. The maximum absolute atomic E-state index is 12.8. The maximum atomic E-state index is 12.8. The molecular formula is C19H27NO3. The molecule has 1 fully saturated rings. The van der Waals surface area contributed by atoms with Crippen molar-refractivity contribution in [2.45, 2.75) is 64.0 Å². The van der Waals surface area contributed by atoms with Gasteiger partial charge in [0, 0.05) is 11.6 Å². The van der Waals surface area contributed by atoms with Crippen LogP contribution in [-0.2, 0) is 9.53 Å². The van der Waals surface area contributed by atoms with Crippen molar-refractivity contribution in [3.8, 4) is 0 Å². The van der Waals surface area contributed by atoms with Gasteiger partial charge in [-0.3, -0.25) is 9.59 Å². The van der Waals surface area contributed by atoms with Crippen LogP contribution in [0.5, 0.6) is 0 Å². The fraction of sp³-hybridized carbons (Fsp3) is 0.579. The van der Waals surface area contributed by atoms with Crippen LogP contribution in [0, 0.1) is 0 Å². The van der Waals surface area contributed by atoms with Gasteiger partial charge in [0.2, 0.25) is 0 Å². The summed E-state index contributed by atoms with van der Waals surface area (Å²) in [6.45, 7) is 2.12. The number of hydrogen-bond donors (Lipinski definition) is 1. The number of ketones is 1. The van der Waals surface area contributed by atoms with Crippen molar-refractivity contribution in [3.63, 3.8) is 0 Å². The lowest BCUT2D eigenvalue weighted by Crippen LogP contribution is -2.44. The zero-order valence-electron chi connectivity index (χ0n) is 13.9. The van der Waals surface area contributed by atoms with E-state index in [0.717, 1.165) is 12.8 Å². The highest BCUT2D eigenvalue weighted by molar-refractivity contribution is 6.01. The Kier molecular flexibility index (Phi) is 7.27. The van der Waals surface area contributed by atoms with Gasteiger partial charge < -0.3 is 10.1 Å². The molecule has 1 N–H and O–H groups in total. The molecule has 1 aromatic carbocycles. The maximum Gasteiger partial charge on any atom is 0.307 e. The second kappa shape index (κ2) is 9.46. The van der Waals surface area contributed by atoms with Crippen molar-refractivity contribution in [2.24, 2.45) is 0 Å². The van der Waals surface area contributed by atoms with E-state index in [4.69, 9.17) is 4.74 Å². The Morgan fingerprint density at radius 1 is 1.13 bits per heavy atom. The zero-order valence-corrected chi connectivity index (χ0v) is 13.9. The Morgan fingerprint density at radius 2 is 1.78 bits per heavy atom. The highest BCUT2D eigenvalue weighted by Gasteiger charge is 2.26. The standard InChI is InChI=1S/C19H27NO3/c1-2-23-18(21)14-17(19(22)15-10-6-5-7-11-15)20-16-12-8-3-4-9-13-16/h5-7,10-11,16-17,20H,2-4,8-9,12-14H2,1H3. The first-order valence-electron chi connectivity index (χ1n) is 8.71. The minimum absolute atomic E-state index is 0.0251. The summed E-state index contributed by atoms with van der Waals surface area (Å²) in [5.74, 6) is -0.342. The third-order valence-corrected chi connectivity index (χ3v) is 4.34. The van der Waals surface area contributed by atoms with E-state index in [-0.39, 0.29) is 18.2 Å². The number of carbonyl (C=O) groups is 2. The average Bonchev–Trinajstić information content (AvgIpc) is 2.83. The third kappa shape index (κ3) is 5.79. The fourth-order valence-corrected chi connectivity index (χ4v) is 3.15. The molecule has 0 saturated heterocycles. The second-order valence-corrected chi connectivity index (χ2v) is 6.15. The number of carbonyl (C=O) groups excluding carboxylic acids is 2. The van der Waals surface area contributed by atoms with E-state index in [1.165, 1.54) is 25.7 Å². The number of rotatable bonds is 7. The second-order valence-electron chi connectivity index (χ2n) is 6.15. The quantitative estimate of drug-likeness (QED) is 0.475. The normalized spacial score (nSPS) is 17.3. The van der Waals surface area contributed by atoms with Gasteiger partial charge in [0.15, 0.2) is 5.78 Å². The molecule has 1 aromatic rings. The van der Waals surface area contributed by atoms with Crippen LogP contribution in [-0.4, -0.2) is 30.4 Å². The molecule has 0 bridgehead atoms. The molecule has 0 aliphatic heterocycles. The predicted molar refractivity (Wildman–Crippen MR) is 90.4 cm³/mol. The monoisotopic (exact) mass is 317 g/mol. The van der Waals surface area contributed by atoms with Gasteiger partial charge in [0.05, 0.1) is 19.1 Å². The van der Waals surface area contributed by atoms with Crippen LogP contribution in [0.15, 0.2) is 30.3 Å². The molecule has 4 heteroatoms. The summed E-state index contributed by atoms with van der Waals surface area (Å²) < 4.78 is 5.04. The van der Waals surface area contributed by atoms with Crippen molar-refractivity contribution in [1.29, 1.82) is 0 Å². The predicted octanol–water partition coefficient (Wildman–Crippen LogP) is 3.50. The van der Waals surface area contributed by atoms with Crippen LogP contribution >= 0.6 is 0 Å². The average molecular weight is 317 g/mol. The number of ether oxygens (including phenoxy) is 1. The lowest BCUT2D eigenvalue weighted by atomic mass is 9.99. The lowest BCUT2D eigenvalue weighted by Gasteiger charge is -2.23. The molecule has 1 aliphatic rings. The number of nitrogens with one attached hydrogen (secondary N) is 1. The first-order valence-corrected chi connectivity index (χ1v) is 8.71.